The van der Waals surface area contributed by atoms with Crippen molar-refractivity contribution in [2.75, 3.05) is 6.54 Å². The molecule has 0 bridgehead atoms. The van der Waals surface area contributed by atoms with Crippen molar-refractivity contribution in [1.29, 1.82) is 0 Å². The first-order chi connectivity index (χ1) is 8.84. The minimum absolute atomic E-state index is 0.0770. The van der Waals surface area contributed by atoms with Crippen LogP contribution < -0.4 is 0 Å². The molecule has 1 aromatic carbocycles. The molecule has 1 atom stereocenters. The normalized spacial score (nSPS) is 20.6. The first kappa shape index (κ1) is 14.3. The van der Waals surface area contributed by atoms with Crippen LogP contribution in [0.5, 0.6) is 0 Å². The molecular weight excluding hydrogens is 290 g/mol. The minimum Gasteiger partial charge on any atom is -0.480 e. The van der Waals surface area contributed by atoms with E-state index in [9.17, 15) is 13.2 Å². The van der Waals surface area contributed by atoms with Crippen LogP contribution in [-0.2, 0) is 14.8 Å². The highest BCUT2D eigenvalue weighted by molar-refractivity contribution is 7.89. The van der Waals surface area contributed by atoms with Crippen molar-refractivity contribution in [2.24, 2.45) is 0 Å². The summed E-state index contributed by atoms with van der Waals surface area (Å²) in [5.41, 5.74) is 0.556. The Morgan fingerprint density at radius 1 is 1.47 bits per heavy atom. The van der Waals surface area contributed by atoms with E-state index in [4.69, 9.17) is 16.7 Å². The van der Waals surface area contributed by atoms with Crippen LogP contribution >= 0.6 is 11.6 Å². The van der Waals surface area contributed by atoms with E-state index in [0.29, 0.717) is 23.4 Å². The number of halogens is 1. The van der Waals surface area contributed by atoms with Gasteiger partial charge >= 0.3 is 5.97 Å². The van der Waals surface area contributed by atoms with E-state index in [0.717, 1.165) is 4.31 Å². The standard InChI is InChI=1S/C12H14ClNO4S/c1-8-4-5-9(13)7-11(8)19(17,18)14-6-2-3-10(14)12(15)16/h4-5,7,10H,2-3,6H2,1H3,(H,15,16)/t10-/m0/s1. The smallest absolute Gasteiger partial charge is 0.322 e. The number of benzene rings is 1. The zero-order valence-electron chi connectivity index (χ0n) is 10.3. The van der Waals surface area contributed by atoms with Crippen LogP contribution in [0.2, 0.25) is 5.02 Å². The Morgan fingerprint density at radius 2 is 2.16 bits per heavy atom. The predicted octanol–water partition coefficient (Wildman–Crippen LogP) is 1.89. The second-order valence-corrected chi connectivity index (χ2v) is 6.82. The molecule has 2 rings (SSSR count). The molecule has 0 radical (unpaired) electrons. The average Bonchev–Trinajstić information content (AvgIpc) is 2.82. The number of carboxylic acids is 1. The Hall–Kier alpha value is -1.11. The Kier molecular flexibility index (Phi) is 3.85. The van der Waals surface area contributed by atoms with Gasteiger partial charge in [0, 0.05) is 11.6 Å². The van der Waals surface area contributed by atoms with Gasteiger partial charge < -0.3 is 5.11 Å². The van der Waals surface area contributed by atoms with E-state index in [1.807, 2.05) is 0 Å². The maximum atomic E-state index is 12.5. The van der Waals surface area contributed by atoms with E-state index in [2.05, 4.69) is 0 Å². The Bertz CT molecular complexity index is 614. The number of aliphatic carboxylic acids is 1. The number of rotatable bonds is 3. The molecule has 5 nitrogen and oxygen atoms in total. The monoisotopic (exact) mass is 303 g/mol. The third kappa shape index (κ3) is 2.61. The van der Waals surface area contributed by atoms with Gasteiger partial charge in [-0.25, -0.2) is 8.42 Å². The molecule has 1 aromatic rings. The quantitative estimate of drug-likeness (QED) is 0.925. The number of nitrogens with zero attached hydrogens (tertiary/aromatic N) is 1. The zero-order chi connectivity index (χ0) is 14.2. The molecule has 7 heteroatoms. The van der Waals surface area contributed by atoms with Crippen molar-refractivity contribution in [3.8, 4) is 0 Å². The summed E-state index contributed by atoms with van der Waals surface area (Å²) in [5, 5.41) is 9.40. The Morgan fingerprint density at radius 3 is 2.79 bits per heavy atom. The molecule has 0 unspecified atom stereocenters. The molecule has 1 heterocycles. The first-order valence-electron chi connectivity index (χ1n) is 5.85. The molecule has 1 saturated heterocycles. The Labute approximate surface area is 116 Å². The molecule has 19 heavy (non-hydrogen) atoms. The average molecular weight is 304 g/mol. The second-order valence-electron chi connectivity index (χ2n) is 4.52. The number of hydrogen-bond donors (Lipinski definition) is 1. The molecule has 1 aliphatic heterocycles. The molecule has 0 saturated carbocycles. The van der Waals surface area contributed by atoms with Gasteiger partial charge in [-0.3, -0.25) is 4.79 Å². The highest BCUT2D eigenvalue weighted by atomic mass is 35.5. The fraction of sp³-hybridized carbons (Fsp3) is 0.417. The van der Waals surface area contributed by atoms with Crippen molar-refractivity contribution in [3.05, 3.63) is 28.8 Å². The van der Waals surface area contributed by atoms with Crippen molar-refractivity contribution >= 4 is 27.6 Å². The molecule has 0 aliphatic carbocycles. The fourth-order valence-corrected chi connectivity index (χ4v) is 4.39. The van der Waals surface area contributed by atoms with E-state index >= 15 is 0 Å². The number of carbonyl (C=O) groups is 1. The largest absolute Gasteiger partial charge is 0.480 e. The molecule has 0 amide bonds. The van der Waals surface area contributed by atoms with E-state index in [-0.39, 0.29) is 11.4 Å². The van der Waals surface area contributed by atoms with E-state index in [1.54, 1.807) is 19.1 Å². The van der Waals surface area contributed by atoms with Crippen LogP contribution in [0.25, 0.3) is 0 Å². The van der Waals surface area contributed by atoms with Crippen molar-refractivity contribution in [3.63, 3.8) is 0 Å². The minimum atomic E-state index is -3.82. The molecule has 1 N–H and O–H groups in total. The SMILES string of the molecule is Cc1ccc(Cl)cc1S(=O)(=O)N1CCC[C@H]1C(=O)O. The molecule has 1 fully saturated rings. The summed E-state index contributed by atoms with van der Waals surface area (Å²) in [5.74, 6) is -1.11. The summed E-state index contributed by atoms with van der Waals surface area (Å²) in [4.78, 5) is 11.2. The summed E-state index contributed by atoms with van der Waals surface area (Å²) in [6, 6.07) is 3.60. The van der Waals surface area contributed by atoms with Crippen LogP contribution in [0.1, 0.15) is 18.4 Å². The van der Waals surface area contributed by atoms with Gasteiger partial charge in [0.05, 0.1) is 4.90 Å². The first-order valence-corrected chi connectivity index (χ1v) is 7.66. The van der Waals surface area contributed by atoms with Crippen molar-refractivity contribution in [1.82, 2.24) is 4.31 Å². The summed E-state index contributed by atoms with van der Waals surface area (Å²) < 4.78 is 26.1. The van der Waals surface area contributed by atoms with Gasteiger partial charge in [0.25, 0.3) is 0 Å². The number of aryl methyl sites for hydroxylation is 1. The lowest BCUT2D eigenvalue weighted by molar-refractivity contribution is -0.140. The van der Waals surface area contributed by atoms with Crippen LogP contribution in [0.3, 0.4) is 0 Å². The number of carboxylic acid groups (broad SMARTS) is 1. The van der Waals surface area contributed by atoms with Crippen LogP contribution in [-0.4, -0.2) is 36.4 Å². The molecular formula is C12H14ClNO4S. The van der Waals surface area contributed by atoms with Gasteiger partial charge in [-0.2, -0.15) is 4.31 Å². The highest BCUT2D eigenvalue weighted by Crippen LogP contribution is 2.29. The second kappa shape index (κ2) is 5.11. The zero-order valence-corrected chi connectivity index (χ0v) is 11.9. The van der Waals surface area contributed by atoms with Crippen LogP contribution in [0, 0.1) is 6.92 Å². The lowest BCUT2D eigenvalue weighted by atomic mass is 10.2. The topological polar surface area (TPSA) is 74.7 Å². The van der Waals surface area contributed by atoms with E-state index in [1.165, 1.54) is 6.07 Å². The molecule has 0 aromatic heterocycles. The third-order valence-corrected chi connectivity index (χ3v) is 5.51. The molecule has 1 aliphatic rings. The Balaban J connectivity index is 2.48. The fourth-order valence-electron chi connectivity index (χ4n) is 2.25. The third-order valence-electron chi connectivity index (χ3n) is 3.23. The summed E-state index contributed by atoms with van der Waals surface area (Å²) in [6.07, 6.45) is 0.893. The van der Waals surface area contributed by atoms with Gasteiger partial charge in [0.1, 0.15) is 6.04 Å². The maximum Gasteiger partial charge on any atom is 0.322 e. The predicted molar refractivity (Wildman–Crippen MR) is 70.7 cm³/mol. The van der Waals surface area contributed by atoms with Crippen molar-refractivity contribution < 1.29 is 18.3 Å². The highest BCUT2D eigenvalue weighted by Gasteiger charge is 2.39. The maximum absolute atomic E-state index is 12.5. The van der Waals surface area contributed by atoms with Gasteiger partial charge in [0.15, 0.2) is 0 Å². The summed E-state index contributed by atoms with van der Waals surface area (Å²) >= 11 is 5.83. The van der Waals surface area contributed by atoms with Gasteiger partial charge in [-0.15, -0.1) is 0 Å². The summed E-state index contributed by atoms with van der Waals surface area (Å²) in [6.45, 7) is 1.89. The molecule has 0 spiro atoms. The lowest BCUT2D eigenvalue weighted by Gasteiger charge is -2.22. The van der Waals surface area contributed by atoms with Crippen molar-refractivity contribution in [2.45, 2.75) is 30.7 Å². The number of sulfonamides is 1. The van der Waals surface area contributed by atoms with Crippen LogP contribution in [0.15, 0.2) is 23.1 Å². The number of hydrogen-bond acceptors (Lipinski definition) is 3. The van der Waals surface area contributed by atoms with Gasteiger partial charge in [-0.05, 0) is 37.5 Å². The van der Waals surface area contributed by atoms with Gasteiger partial charge in [0.2, 0.25) is 10.0 Å². The van der Waals surface area contributed by atoms with E-state index < -0.39 is 22.0 Å². The lowest BCUT2D eigenvalue weighted by Crippen LogP contribution is -2.40. The molecule has 104 valence electrons. The summed E-state index contributed by atoms with van der Waals surface area (Å²) in [7, 11) is -3.82. The van der Waals surface area contributed by atoms with Gasteiger partial charge in [-0.1, -0.05) is 17.7 Å². The van der Waals surface area contributed by atoms with Crippen LogP contribution in [0.4, 0.5) is 0 Å².